The topological polar surface area (TPSA) is 72.8 Å². The van der Waals surface area contributed by atoms with Gasteiger partial charge >= 0.3 is 0 Å². The summed E-state index contributed by atoms with van der Waals surface area (Å²) in [6, 6.07) is 3.70. The molecule has 2 aliphatic rings. The summed E-state index contributed by atoms with van der Waals surface area (Å²) < 4.78 is 11.7. The van der Waals surface area contributed by atoms with E-state index in [2.05, 4.69) is 15.5 Å². The predicted molar refractivity (Wildman–Crippen MR) is 85.8 cm³/mol. The molecule has 0 bridgehead atoms. The van der Waals surface area contributed by atoms with Crippen molar-refractivity contribution in [3.8, 4) is 0 Å². The second kappa shape index (κ2) is 7.66. The van der Waals surface area contributed by atoms with E-state index in [1.165, 1.54) is 6.42 Å². The normalized spacial score (nSPS) is 23.4. The maximum atomic E-state index is 12.0. The van der Waals surface area contributed by atoms with Crippen LogP contribution in [0, 0.1) is 5.92 Å². The average Bonchev–Trinajstić information content (AvgIpc) is 3.04. The quantitative estimate of drug-likeness (QED) is 0.668. The molecule has 2 heterocycles. The smallest absolute Gasteiger partial charge is 0.240 e. The minimum atomic E-state index is -0.433. The van der Waals surface area contributed by atoms with Crippen molar-refractivity contribution in [1.82, 2.24) is 10.4 Å². The first kappa shape index (κ1) is 16.1. The molecule has 1 spiro atoms. The molecule has 2 fully saturated rings. The molecule has 6 heteroatoms. The van der Waals surface area contributed by atoms with Gasteiger partial charge in [0.2, 0.25) is 5.91 Å². The van der Waals surface area contributed by atoms with Crippen LogP contribution in [0.2, 0.25) is 0 Å². The minimum absolute atomic E-state index is 0.0798. The van der Waals surface area contributed by atoms with Crippen molar-refractivity contribution < 1.29 is 14.3 Å². The molecule has 1 N–H and O–H groups in total. The fourth-order valence-electron chi connectivity index (χ4n) is 3.39. The number of pyridine rings is 1. The van der Waals surface area contributed by atoms with Crippen LogP contribution in [0.5, 0.6) is 0 Å². The number of carbonyl (C=O) groups excluding carboxylic acids is 1. The largest absolute Gasteiger partial charge is 0.347 e. The first-order chi connectivity index (χ1) is 11.3. The van der Waals surface area contributed by atoms with E-state index in [4.69, 9.17) is 9.47 Å². The zero-order chi connectivity index (χ0) is 16.0. The summed E-state index contributed by atoms with van der Waals surface area (Å²) in [5, 5.41) is 3.97. The molecule has 1 unspecified atom stereocenters. The highest BCUT2D eigenvalue weighted by atomic mass is 16.7. The lowest BCUT2D eigenvalue weighted by Crippen LogP contribution is -2.42. The van der Waals surface area contributed by atoms with Crippen molar-refractivity contribution in [2.24, 2.45) is 11.0 Å². The van der Waals surface area contributed by atoms with Gasteiger partial charge in [-0.2, -0.15) is 5.10 Å². The van der Waals surface area contributed by atoms with Crippen molar-refractivity contribution in [2.75, 3.05) is 13.2 Å². The standard InChI is InChI=1S/C17H23N3O3/c21-16(20-19-13-14-4-3-9-18-12-14)7-6-15-5-1-2-8-17(15)22-10-11-23-17/h3-4,9,12-13,15H,1-2,5-8,10-11H2,(H,20,21)/b19-13+. The van der Waals surface area contributed by atoms with Crippen molar-refractivity contribution in [2.45, 2.75) is 44.3 Å². The first-order valence-corrected chi connectivity index (χ1v) is 8.28. The van der Waals surface area contributed by atoms with Crippen molar-refractivity contribution in [3.63, 3.8) is 0 Å². The van der Waals surface area contributed by atoms with Gasteiger partial charge in [0.1, 0.15) is 0 Å². The highest BCUT2D eigenvalue weighted by molar-refractivity contribution is 5.81. The monoisotopic (exact) mass is 317 g/mol. The maximum absolute atomic E-state index is 12.0. The Morgan fingerprint density at radius 2 is 2.30 bits per heavy atom. The van der Waals surface area contributed by atoms with Crippen LogP contribution in [-0.4, -0.2) is 36.1 Å². The SMILES string of the molecule is O=C(CCC1CCCCC12OCCO2)N/N=C/c1cccnc1. The van der Waals surface area contributed by atoms with Crippen molar-refractivity contribution in [1.29, 1.82) is 0 Å². The Morgan fingerprint density at radius 1 is 1.43 bits per heavy atom. The molecule has 23 heavy (non-hydrogen) atoms. The van der Waals surface area contributed by atoms with Gasteiger partial charge < -0.3 is 9.47 Å². The summed E-state index contributed by atoms with van der Waals surface area (Å²) in [5.74, 6) is -0.215. The summed E-state index contributed by atoms with van der Waals surface area (Å²) in [4.78, 5) is 15.9. The van der Waals surface area contributed by atoms with E-state index in [-0.39, 0.29) is 5.91 Å². The molecule has 1 saturated carbocycles. The number of nitrogens with one attached hydrogen (secondary N) is 1. The number of ether oxygens (including phenoxy) is 2. The number of nitrogens with zero attached hydrogens (tertiary/aromatic N) is 2. The van der Waals surface area contributed by atoms with Crippen molar-refractivity contribution >= 4 is 12.1 Å². The van der Waals surface area contributed by atoms with E-state index in [9.17, 15) is 4.79 Å². The molecule has 0 aromatic carbocycles. The van der Waals surface area contributed by atoms with Crippen LogP contribution in [-0.2, 0) is 14.3 Å². The van der Waals surface area contributed by atoms with E-state index in [1.54, 1.807) is 18.6 Å². The van der Waals surface area contributed by atoms with Gasteiger partial charge in [-0.25, -0.2) is 5.43 Å². The van der Waals surface area contributed by atoms with E-state index >= 15 is 0 Å². The highest BCUT2D eigenvalue weighted by Gasteiger charge is 2.45. The molecule has 1 aliphatic carbocycles. The van der Waals surface area contributed by atoms with Crippen LogP contribution in [0.1, 0.15) is 44.1 Å². The fraction of sp³-hybridized carbons (Fsp3) is 0.588. The van der Waals surface area contributed by atoms with Gasteiger partial charge in [0.05, 0.1) is 19.4 Å². The molecule has 3 rings (SSSR count). The van der Waals surface area contributed by atoms with Gasteiger partial charge in [-0.15, -0.1) is 0 Å². The Hall–Kier alpha value is -1.79. The van der Waals surface area contributed by atoms with E-state index in [0.717, 1.165) is 31.2 Å². The molecule has 1 saturated heterocycles. The zero-order valence-corrected chi connectivity index (χ0v) is 13.2. The molecule has 1 amide bonds. The highest BCUT2D eigenvalue weighted by Crippen LogP contribution is 2.42. The zero-order valence-electron chi connectivity index (χ0n) is 13.2. The fourth-order valence-corrected chi connectivity index (χ4v) is 3.39. The number of hydrazone groups is 1. The Bertz CT molecular complexity index is 541. The lowest BCUT2D eigenvalue weighted by atomic mass is 9.80. The lowest BCUT2D eigenvalue weighted by molar-refractivity contribution is -0.213. The van der Waals surface area contributed by atoms with E-state index in [0.29, 0.717) is 25.6 Å². The van der Waals surface area contributed by atoms with E-state index in [1.807, 2.05) is 12.1 Å². The maximum Gasteiger partial charge on any atom is 0.240 e. The number of aromatic nitrogens is 1. The van der Waals surface area contributed by atoms with Gasteiger partial charge in [-0.05, 0) is 25.3 Å². The van der Waals surface area contributed by atoms with Crippen LogP contribution < -0.4 is 5.43 Å². The molecule has 1 aliphatic heterocycles. The van der Waals surface area contributed by atoms with Gasteiger partial charge in [-0.1, -0.05) is 12.5 Å². The summed E-state index contributed by atoms with van der Waals surface area (Å²) in [5.41, 5.74) is 3.42. The molecule has 124 valence electrons. The Kier molecular flexibility index (Phi) is 5.35. The van der Waals surface area contributed by atoms with Crippen LogP contribution in [0.4, 0.5) is 0 Å². The Morgan fingerprint density at radius 3 is 3.09 bits per heavy atom. The summed E-state index contributed by atoms with van der Waals surface area (Å²) in [6.07, 6.45) is 10.5. The third kappa shape index (κ3) is 4.14. The van der Waals surface area contributed by atoms with Gasteiger partial charge in [0, 0.05) is 36.7 Å². The first-order valence-electron chi connectivity index (χ1n) is 8.28. The lowest BCUT2D eigenvalue weighted by Gasteiger charge is -2.39. The number of amides is 1. The van der Waals surface area contributed by atoms with Gasteiger partial charge in [-0.3, -0.25) is 9.78 Å². The van der Waals surface area contributed by atoms with Crippen LogP contribution in [0.3, 0.4) is 0 Å². The number of hydrogen-bond acceptors (Lipinski definition) is 5. The summed E-state index contributed by atoms with van der Waals surface area (Å²) in [6.45, 7) is 1.33. The third-order valence-electron chi connectivity index (χ3n) is 4.53. The third-order valence-corrected chi connectivity index (χ3v) is 4.53. The molecule has 1 aromatic heterocycles. The average molecular weight is 317 g/mol. The van der Waals surface area contributed by atoms with Crippen LogP contribution in [0.15, 0.2) is 29.6 Å². The number of rotatable bonds is 5. The summed E-state index contributed by atoms with van der Waals surface area (Å²) in [7, 11) is 0. The predicted octanol–water partition coefficient (Wildman–Crippen LogP) is 2.25. The summed E-state index contributed by atoms with van der Waals surface area (Å²) >= 11 is 0. The molecule has 1 atom stereocenters. The molecular weight excluding hydrogens is 294 g/mol. The van der Waals surface area contributed by atoms with Gasteiger partial charge in [0.15, 0.2) is 5.79 Å². The van der Waals surface area contributed by atoms with E-state index < -0.39 is 5.79 Å². The molecule has 1 aromatic rings. The minimum Gasteiger partial charge on any atom is -0.347 e. The van der Waals surface area contributed by atoms with Crippen LogP contribution >= 0.6 is 0 Å². The second-order valence-electron chi connectivity index (χ2n) is 6.07. The van der Waals surface area contributed by atoms with Crippen molar-refractivity contribution in [3.05, 3.63) is 30.1 Å². The second-order valence-corrected chi connectivity index (χ2v) is 6.07. The molecule has 0 radical (unpaired) electrons. The molecular formula is C17H23N3O3. The Labute approximate surface area is 136 Å². The molecule has 6 nitrogen and oxygen atoms in total. The number of hydrogen-bond donors (Lipinski definition) is 1. The Balaban J connectivity index is 1.46. The van der Waals surface area contributed by atoms with Gasteiger partial charge in [0.25, 0.3) is 0 Å². The van der Waals surface area contributed by atoms with Crippen LogP contribution in [0.25, 0.3) is 0 Å². The number of carbonyl (C=O) groups is 1.